The highest BCUT2D eigenvalue weighted by atomic mass is 35.5. The number of rotatable bonds is 7. The van der Waals surface area contributed by atoms with Gasteiger partial charge in [-0.2, -0.15) is 0 Å². The van der Waals surface area contributed by atoms with E-state index in [1.165, 1.54) is 12.1 Å². The van der Waals surface area contributed by atoms with Crippen molar-refractivity contribution in [1.82, 2.24) is 20.5 Å². The SMILES string of the molecule is O=C(CSc1n[nH]c(CNC(=O)c2ccc(Cl)cc2)n1)Nc1cc(Cl)c(Cl)cc1Cl. The first-order valence-corrected chi connectivity index (χ1v) is 10.8. The molecule has 156 valence electrons. The van der Waals surface area contributed by atoms with Crippen LogP contribution in [0.3, 0.4) is 0 Å². The van der Waals surface area contributed by atoms with E-state index in [2.05, 4.69) is 25.8 Å². The zero-order chi connectivity index (χ0) is 21.7. The molecule has 0 aliphatic rings. The van der Waals surface area contributed by atoms with E-state index in [4.69, 9.17) is 46.4 Å². The Morgan fingerprint density at radius 1 is 1.00 bits per heavy atom. The minimum absolute atomic E-state index is 0.0466. The Hall–Kier alpha value is -1.97. The first-order valence-electron chi connectivity index (χ1n) is 8.34. The Morgan fingerprint density at radius 3 is 2.43 bits per heavy atom. The third-order valence-corrected chi connectivity index (χ3v) is 5.78. The predicted molar refractivity (Wildman–Crippen MR) is 120 cm³/mol. The summed E-state index contributed by atoms with van der Waals surface area (Å²) in [5.74, 6) is -0.0871. The second kappa shape index (κ2) is 10.4. The lowest BCUT2D eigenvalue weighted by molar-refractivity contribution is -0.113. The van der Waals surface area contributed by atoms with Crippen LogP contribution < -0.4 is 10.6 Å². The molecule has 1 aromatic heterocycles. The number of nitrogens with zero attached hydrogens (tertiary/aromatic N) is 2. The molecule has 0 bridgehead atoms. The van der Waals surface area contributed by atoms with Crippen LogP contribution in [0.2, 0.25) is 20.1 Å². The number of aromatic amines is 1. The van der Waals surface area contributed by atoms with Gasteiger partial charge in [0, 0.05) is 10.6 Å². The zero-order valence-corrected chi connectivity index (χ0v) is 18.8. The summed E-state index contributed by atoms with van der Waals surface area (Å²) in [6.07, 6.45) is 0. The third-order valence-electron chi connectivity index (χ3n) is 3.65. The summed E-state index contributed by atoms with van der Waals surface area (Å²) < 4.78 is 0. The van der Waals surface area contributed by atoms with Gasteiger partial charge in [0.2, 0.25) is 11.1 Å². The van der Waals surface area contributed by atoms with E-state index in [9.17, 15) is 9.59 Å². The van der Waals surface area contributed by atoms with Crippen molar-refractivity contribution in [2.45, 2.75) is 11.7 Å². The number of halogens is 4. The second-order valence-electron chi connectivity index (χ2n) is 5.84. The average molecular weight is 505 g/mol. The molecule has 0 aliphatic heterocycles. The van der Waals surface area contributed by atoms with Crippen LogP contribution >= 0.6 is 58.2 Å². The van der Waals surface area contributed by atoms with E-state index in [0.29, 0.717) is 32.3 Å². The second-order valence-corrected chi connectivity index (χ2v) is 8.44. The van der Waals surface area contributed by atoms with Gasteiger partial charge in [-0.15, -0.1) is 5.10 Å². The van der Waals surface area contributed by atoms with Crippen LogP contribution in [0.25, 0.3) is 0 Å². The molecule has 7 nitrogen and oxygen atoms in total. The van der Waals surface area contributed by atoms with Crippen molar-refractivity contribution < 1.29 is 9.59 Å². The topological polar surface area (TPSA) is 99.8 Å². The third kappa shape index (κ3) is 6.26. The molecular formula is C18H13Cl4N5O2S. The Morgan fingerprint density at radius 2 is 1.70 bits per heavy atom. The number of thioether (sulfide) groups is 1. The molecule has 0 saturated carbocycles. The van der Waals surface area contributed by atoms with Gasteiger partial charge in [0.1, 0.15) is 5.82 Å². The molecule has 0 unspecified atom stereocenters. The van der Waals surface area contributed by atoms with Crippen LogP contribution in [-0.2, 0) is 11.3 Å². The van der Waals surface area contributed by atoms with Crippen LogP contribution in [0.4, 0.5) is 5.69 Å². The molecule has 0 fully saturated rings. The molecule has 3 N–H and O–H groups in total. The summed E-state index contributed by atoms with van der Waals surface area (Å²) in [5.41, 5.74) is 0.836. The first-order chi connectivity index (χ1) is 14.3. The number of anilines is 1. The molecule has 2 aromatic carbocycles. The molecule has 0 spiro atoms. The summed E-state index contributed by atoms with van der Waals surface area (Å²) in [5, 5.41) is 13.9. The highest BCUT2D eigenvalue weighted by molar-refractivity contribution is 7.99. The molecule has 30 heavy (non-hydrogen) atoms. The highest BCUT2D eigenvalue weighted by Gasteiger charge is 2.12. The van der Waals surface area contributed by atoms with Crippen molar-refractivity contribution in [3.05, 3.63) is 67.9 Å². The molecule has 12 heteroatoms. The van der Waals surface area contributed by atoms with Gasteiger partial charge in [0.25, 0.3) is 5.91 Å². The minimum Gasteiger partial charge on any atom is -0.345 e. The molecule has 0 aliphatic carbocycles. The summed E-state index contributed by atoms with van der Waals surface area (Å²) >= 11 is 24.8. The van der Waals surface area contributed by atoms with Gasteiger partial charge in [-0.1, -0.05) is 58.2 Å². The lowest BCUT2D eigenvalue weighted by atomic mass is 10.2. The number of hydrogen-bond donors (Lipinski definition) is 3. The fourth-order valence-electron chi connectivity index (χ4n) is 2.22. The molecule has 0 saturated heterocycles. The zero-order valence-electron chi connectivity index (χ0n) is 15.0. The van der Waals surface area contributed by atoms with Crippen molar-refractivity contribution in [3.63, 3.8) is 0 Å². The maximum atomic E-state index is 12.1. The number of carbonyl (C=O) groups is 2. The lowest BCUT2D eigenvalue weighted by Crippen LogP contribution is -2.23. The van der Waals surface area contributed by atoms with E-state index in [0.717, 1.165) is 11.8 Å². The maximum absolute atomic E-state index is 12.1. The van der Waals surface area contributed by atoms with Gasteiger partial charge < -0.3 is 10.6 Å². The van der Waals surface area contributed by atoms with Gasteiger partial charge in [-0.25, -0.2) is 4.98 Å². The molecule has 3 rings (SSSR count). The Labute approximate surface area is 195 Å². The minimum atomic E-state index is -0.317. The van der Waals surface area contributed by atoms with Crippen molar-refractivity contribution in [2.24, 2.45) is 0 Å². The smallest absolute Gasteiger partial charge is 0.251 e. The number of carbonyl (C=O) groups excluding carboxylic acids is 2. The van der Waals surface area contributed by atoms with E-state index in [1.807, 2.05) is 0 Å². The molecular weight excluding hydrogens is 492 g/mol. The molecule has 0 radical (unpaired) electrons. The lowest BCUT2D eigenvalue weighted by Gasteiger charge is -2.08. The highest BCUT2D eigenvalue weighted by Crippen LogP contribution is 2.32. The van der Waals surface area contributed by atoms with Crippen LogP contribution in [0.5, 0.6) is 0 Å². The van der Waals surface area contributed by atoms with Crippen molar-refractivity contribution in [3.8, 4) is 0 Å². The average Bonchev–Trinajstić information content (AvgIpc) is 3.17. The van der Waals surface area contributed by atoms with Gasteiger partial charge in [-0.05, 0) is 36.4 Å². The van der Waals surface area contributed by atoms with Crippen molar-refractivity contribution >= 4 is 75.7 Å². The van der Waals surface area contributed by atoms with Crippen LogP contribution in [0.15, 0.2) is 41.6 Å². The number of benzene rings is 2. The molecule has 1 heterocycles. The number of hydrogen-bond acceptors (Lipinski definition) is 5. The standard InChI is InChI=1S/C18H13Cl4N5O2S/c19-10-3-1-9(2-4-10)17(29)23-7-15-25-18(27-26-15)30-8-16(28)24-14-6-12(21)11(20)5-13(14)22/h1-6H,7-8H2,(H,23,29)(H,24,28)(H,25,26,27). The first kappa shape index (κ1) is 22.7. The van der Waals surface area contributed by atoms with Gasteiger partial charge in [0.05, 0.1) is 33.1 Å². The van der Waals surface area contributed by atoms with Crippen LogP contribution in [-0.4, -0.2) is 32.7 Å². The Bertz CT molecular complexity index is 1070. The Kier molecular flexibility index (Phi) is 7.85. The van der Waals surface area contributed by atoms with Crippen molar-refractivity contribution in [1.29, 1.82) is 0 Å². The monoisotopic (exact) mass is 503 g/mol. The van der Waals surface area contributed by atoms with E-state index in [1.54, 1.807) is 24.3 Å². The summed E-state index contributed by atoms with van der Waals surface area (Å²) in [6.45, 7) is 0.153. The van der Waals surface area contributed by atoms with Gasteiger partial charge in [0.15, 0.2) is 0 Å². The molecule has 3 aromatic rings. The fraction of sp³-hybridized carbons (Fsp3) is 0.111. The number of nitrogens with one attached hydrogen (secondary N) is 3. The summed E-state index contributed by atoms with van der Waals surface area (Å²) in [6, 6.07) is 9.44. The maximum Gasteiger partial charge on any atom is 0.251 e. The fourth-order valence-corrected chi connectivity index (χ4v) is 3.56. The largest absolute Gasteiger partial charge is 0.345 e. The number of H-pyrrole nitrogens is 1. The van der Waals surface area contributed by atoms with Crippen LogP contribution in [0, 0.1) is 0 Å². The van der Waals surface area contributed by atoms with E-state index in [-0.39, 0.29) is 34.2 Å². The van der Waals surface area contributed by atoms with Gasteiger partial charge in [-0.3, -0.25) is 14.7 Å². The summed E-state index contributed by atoms with van der Waals surface area (Å²) in [7, 11) is 0. The van der Waals surface area contributed by atoms with Gasteiger partial charge >= 0.3 is 0 Å². The van der Waals surface area contributed by atoms with Crippen molar-refractivity contribution in [2.75, 3.05) is 11.1 Å². The van der Waals surface area contributed by atoms with E-state index < -0.39 is 0 Å². The normalized spacial score (nSPS) is 10.7. The molecule has 2 amide bonds. The van der Waals surface area contributed by atoms with Crippen LogP contribution in [0.1, 0.15) is 16.2 Å². The number of amides is 2. The predicted octanol–water partition coefficient (Wildman–Crippen LogP) is 5.08. The quantitative estimate of drug-likeness (QED) is 0.307. The van der Waals surface area contributed by atoms with E-state index >= 15 is 0 Å². The molecule has 0 atom stereocenters. The summed E-state index contributed by atoms with van der Waals surface area (Å²) in [4.78, 5) is 28.5. The number of aromatic nitrogens is 3. The Balaban J connectivity index is 1.48.